The lowest BCUT2D eigenvalue weighted by Gasteiger charge is -2.35. The molecule has 2 aliphatic rings. The number of hydrogen-bond acceptors (Lipinski definition) is 7. The molecule has 3 aromatic heterocycles. The molecule has 36 heavy (non-hydrogen) atoms. The molecule has 1 N–H and O–H groups in total. The molecule has 0 unspecified atom stereocenters. The van der Waals surface area contributed by atoms with Crippen molar-refractivity contribution < 1.29 is 9.90 Å². The highest BCUT2D eigenvalue weighted by Crippen LogP contribution is 2.29. The van der Waals surface area contributed by atoms with Crippen molar-refractivity contribution >= 4 is 22.4 Å². The lowest BCUT2D eigenvalue weighted by Crippen LogP contribution is -2.47. The van der Waals surface area contributed by atoms with Crippen LogP contribution in [0.3, 0.4) is 0 Å². The van der Waals surface area contributed by atoms with Crippen LogP contribution in [0.2, 0.25) is 0 Å². The van der Waals surface area contributed by atoms with Crippen molar-refractivity contribution in [2.24, 2.45) is 7.05 Å². The molecular weight excluding hydrogens is 452 g/mol. The Labute approximate surface area is 210 Å². The van der Waals surface area contributed by atoms with Gasteiger partial charge in [0, 0.05) is 73.9 Å². The Morgan fingerprint density at radius 3 is 2.61 bits per heavy atom. The number of carbonyl (C=O) groups excluding carboxylic acids is 1. The fraction of sp³-hybridized carbons (Fsp3) is 0.357. The van der Waals surface area contributed by atoms with Crippen LogP contribution >= 0.6 is 0 Å². The van der Waals surface area contributed by atoms with Crippen molar-refractivity contribution in [3.8, 4) is 11.1 Å². The number of anilines is 1. The summed E-state index contributed by atoms with van der Waals surface area (Å²) in [5.41, 5.74) is 4.04. The smallest absolute Gasteiger partial charge is 0.169 e. The third kappa shape index (κ3) is 4.50. The first-order chi connectivity index (χ1) is 17.6. The molecule has 8 nitrogen and oxygen atoms in total. The Morgan fingerprint density at radius 1 is 1.00 bits per heavy atom. The monoisotopic (exact) mass is 482 g/mol. The van der Waals surface area contributed by atoms with Crippen molar-refractivity contribution in [3.63, 3.8) is 0 Å². The molecule has 0 bridgehead atoms. The van der Waals surface area contributed by atoms with Crippen LogP contribution in [0.1, 0.15) is 34.6 Å². The van der Waals surface area contributed by atoms with E-state index in [9.17, 15) is 9.90 Å². The highest BCUT2D eigenvalue weighted by Gasteiger charge is 2.31. The fourth-order valence-electron chi connectivity index (χ4n) is 5.13. The summed E-state index contributed by atoms with van der Waals surface area (Å²) < 4.78 is 1.69. The summed E-state index contributed by atoms with van der Waals surface area (Å²) in [6.45, 7) is 3.94. The van der Waals surface area contributed by atoms with Gasteiger partial charge in [-0.2, -0.15) is 5.10 Å². The Balaban J connectivity index is 1.19. The topological polar surface area (TPSA) is 87.4 Å². The van der Waals surface area contributed by atoms with Crippen molar-refractivity contribution in [2.75, 3.05) is 31.1 Å². The zero-order valence-corrected chi connectivity index (χ0v) is 20.5. The highest BCUT2D eigenvalue weighted by atomic mass is 16.3. The highest BCUT2D eigenvalue weighted by molar-refractivity contribution is 5.98. The summed E-state index contributed by atoms with van der Waals surface area (Å²) in [6.07, 6.45) is 8.22. The van der Waals surface area contributed by atoms with E-state index in [1.807, 2.05) is 37.5 Å². The van der Waals surface area contributed by atoms with E-state index in [0.717, 1.165) is 71.3 Å². The number of pyridine rings is 2. The molecule has 2 fully saturated rings. The summed E-state index contributed by atoms with van der Waals surface area (Å²) in [4.78, 5) is 27.1. The van der Waals surface area contributed by atoms with Gasteiger partial charge in [0.1, 0.15) is 5.82 Å². The first kappa shape index (κ1) is 22.8. The van der Waals surface area contributed by atoms with Crippen LogP contribution in [0.25, 0.3) is 21.9 Å². The number of aliphatic hydroxyl groups is 1. The number of nitrogens with zero attached hydrogens (tertiary/aromatic N) is 6. The van der Waals surface area contributed by atoms with Crippen molar-refractivity contribution in [2.45, 2.75) is 31.9 Å². The third-order valence-corrected chi connectivity index (χ3v) is 7.41. The second-order valence-corrected chi connectivity index (χ2v) is 9.78. The normalized spacial score (nSPS) is 16.6. The number of benzene rings is 1. The molecule has 1 aliphatic heterocycles. The van der Waals surface area contributed by atoms with Gasteiger partial charge in [-0.25, -0.2) is 4.98 Å². The zero-order chi connectivity index (χ0) is 24.6. The maximum atomic E-state index is 13.2. The maximum Gasteiger partial charge on any atom is 0.169 e. The number of aromatic nitrogens is 4. The van der Waals surface area contributed by atoms with Gasteiger partial charge in [-0.3, -0.25) is 19.4 Å². The van der Waals surface area contributed by atoms with Gasteiger partial charge in [-0.1, -0.05) is 12.1 Å². The van der Waals surface area contributed by atoms with Gasteiger partial charge in [0.2, 0.25) is 0 Å². The van der Waals surface area contributed by atoms with E-state index in [0.29, 0.717) is 5.56 Å². The van der Waals surface area contributed by atoms with Crippen molar-refractivity contribution in [1.29, 1.82) is 0 Å². The van der Waals surface area contributed by atoms with Crippen LogP contribution in [0.5, 0.6) is 0 Å². The van der Waals surface area contributed by atoms with Crippen LogP contribution < -0.4 is 4.90 Å². The zero-order valence-electron chi connectivity index (χ0n) is 20.5. The molecule has 1 aromatic carbocycles. The number of Topliss-reactive ketones (excluding diaryl/α,β-unsaturated/α-hetero) is 1. The van der Waals surface area contributed by atoms with Gasteiger partial charge in [-0.05, 0) is 48.1 Å². The predicted molar refractivity (Wildman–Crippen MR) is 139 cm³/mol. The average molecular weight is 483 g/mol. The first-order valence-corrected chi connectivity index (χ1v) is 12.6. The van der Waals surface area contributed by atoms with Crippen LogP contribution in [-0.4, -0.2) is 67.8 Å². The molecule has 4 aromatic rings. The average Bonchev–Trinajstić information content (AvgIpc) is 3.70. The molecule has 0 radical (unpaired) electrons. The summed E-state index contributed by atoms with van der Waals surface area (Å²) in [5, 5.41) is 16.0. The van der Waals surface area contributed by atoms with E-state index in [1.165, 1.54) is 12.8 Å². The lowest BCUT2D eigenvalue weighted by atomic mass is 10.0. The van der Waals surface area contributed by atoms with Gasteiger partial charge in [0.15, 0.2) is 5.78 Å². The molecule has 8 heteroatoms. The Bertz CT molecular complexity index is 1420. The first-order valence-electron chi connectivity index (χ1n) is 12.6. The molecule has 4 heterocycles. The fourth-order valence-corrected chi connectivity index (χ4v) is 5.13. The van der Waals surface area contributed by atoms with Gasteiger partial charge < -0.3 is 10.0 Å². The number of piperazine rings is 1. The van der Waals surface area contributed by atoms with Crippen LogP contribution in [0.15, 0.2) is 55.0 Å². The van der Waals surface area contributed by atoms with Crippen LogP contribution in [-0.2, 0) is 20.1 Å². The molecule has 1 aliphatic carbocycles. The molecule has 0 atom stereocenters. The van der Waals surface area contributed by atoms with Crippen LogP contribution in [0, 0.1) is 0 Å². The summed E-state index contributed by atoms with van der Waals surface area (Å²) in [6, 6.07) is 12.6. The summed E-state index contributed by atoms with van der Waals surface area (Å²) in [5.74, 6) is 0.914. The summed E-state index contributed by atoms with van der Waals surface area (Å²) >= 11 is 0. The number of carbonyl (C=O) groups is 1. The number of rotatable bonds is 7. The molecule has 0 amide bonds. The molecule has 1 saturated carbocycles. The Morgan fingerprint density at radius 2 is 1.83 bits per heavy atom. The summed E-state index contributed by atoms with van der Waals surface area (Å²) in [7, 11) is 1.82. The number of aliphatic hydroxyl groups excluding tert-OH is 1. The van der Waals surface area contributed by atoms with E-state index in [-0.39, 0.29) is 18.8 Å². The van der Waals surface area contributed by atoms with E-state index in [2.05, 4.69) is 30.9 Å². The SMILES string of the molecule is Cn1ncc(-c2ccc3cnc(CC(=O)c4ccnc(N5CCN(C6CC6)CC5)c4)cc3c2)c1CO. The van der Waals surface area contributed by atoms with Crippen LogP contribution in [0.4, 0.5) is 5.82 Å². The van der Waals surface area contributed by atoms with E-state index >= 15 is 0 Å². The van der Waals surface area contributed by atoms with Gasteiger partial charge in [-0.15, -0.1) is 0 Å². The molecule has 184 valence electrons. The Kier molecular flexibility index (Phi) is 5.99. The molecule has 6 rings (SSSR count). The second-order valence-electron chi connectivity index (χ2n) is 9.78. The lowest BCUT2D eigenvalue weighted by molar-refractivity contribution is 0.0992. The second kappa shape index (κ2) is 9.44. The van der Waals surface area contributed by atoms with Gasteiger partial charge in [0.05, 0.1) is 24.9 Å². The number of aryl methyl sites for hydroxylation is 1. The van der Waals surface area contributed by atoms with E-state index in [4.69, 9.17) is 0 Å². The van der Waals surface area contributed by atoms with Gasteiger partial charge in [0.25, 0.3) is 0 Å². The van der Waals surface area contributed by atoms with Gasteiger partial charge >= 0.3 is 0 Å². The standard InChI is InChI=1S/C28H30N6O2/c1-32-26(18-35)25(17-31-32)19-2-3-21-16-30-23(13-22(21)12-19)15-27(36)20-6-7-29-28(14-20)34-10-8-33(9-11-34)24-4-5-24/h2-3,6-7,12-14,16-17,24,35H,4-5,8-11,15,18H2,1H3. The minimum Gasteiger partial charge on any atom is -0.390 e. The molecule has 0 spiro atoms. The largest absolute Gasteiger partial charge is 0.390 e. The maximum absolute atomic E-state index is 13.2. The van der Waals surface area contributed by atoms with Crippen molar-refractivity contribution in [3.05, 3.63) is 71.9 Å². The quantitative estimate of drug-likeness (QED) is 0.405. The minimum atomic E-state index is -0.0793. The number of hydrogen-bond donors (Lipinski definition) is 1. The number of fused-ring (bicyclic) bond motifs is 1. The Hall–Kier alpha value is -3.62. The van der Waals surface area contributed by atoms with E-state index in [1.54, 1.807) is 23.1 Å². The third-order valence-electron chi connectivity index (χ3n) is 7.41. The predicted octanol–water partition coefficient (Wildman–Crippen LogP) is 3.23. The van der Waals surface area contributed by atoms with Crippen molar-refractivity contribution in [1.82, 2.24) is 24.6 Å². The molecular formula is C28H30N6O2. The van der Waals surface area contributed by atoms with E-state index < -0.39 is 0 Å². The molecule has 1 saturated heterocycles. The minimum absolute atomic E-state index is 0.0353. The number of ketones is 1.